The van der Waals surface area contributed by atoms with Crippen LogP contribution in [0.4, 0.5) is 5.69 Å². The molecule has 3 unspecified atom stereocenters. The molecule has 0 radical (unpaired) electrons. The summed E-state index contributed by atoms with van der Waals surface area (Å²) >= 11 is 0. The van der Waals surface area contributed by atoms with Crippen LogP contribution in [0, 0.1) is 0 Å². The van der Waals surface area contributed by atoms with Crippen molar-refractivity contribution in [2.24, 2.45) is 0 Å². The Balaban J connectivity index is 1.47. The van der Waals surface area contributed by atoms with Crippen molar-refractivity contribution in [3.8, 4) is 11.5 Å². The van der Waals surface area contributed by atoms with Crippen molar-refractivity contribution in [2.75, 3.05) is 11.4 Å². The Labute approximate surface area is 191 Å². The Morgan fingerprint density at radius 3 is 2.84 bits per heavy atom. The third-order valence-electron chi connectivity index (χ3n) is 6.96. The van der Waals surface area contributed by atoms with Gasteiger partial charge in [0.2, 0.25) is 0 Å². The number of nitrogens with zero attached hydrogens (tertiary/aromatic N) is 1. The zero-order valence-electron chi connectivity index (χ0n) is 19.0. The largest absolute Gasteiger partial charge is 0.550 e. The van der Waals surface area contributed by atoms with Gasteiger partial charge in [0.1, 0.15) is 11.5 Å². The van der Waals surface area contributed by atoms with Crippen LogP contribution in [0.5, 0.6) is 11.5 Å². The summed E-state index contributed by atoms with van der Waals surface area (Å²) < 4.78 is 6.22. The van der Waals surface area contributed by atoms with Crippen LogP contribution in [0.25, 0.3) is 0 Å². The number of aryl methyl sites for hydroxylation is 1. The molecule has 2 aliphatic rings. The van der Waals surface area contributed by atoms with Crippen molar-refractivity contribution in [3.05, 3.63) is 53.6 Å². The van der Waals surface area contributed by atoms with Gasteiger partial charge in [0, 0.05) is 41.9 Å². The van der Waals surface area contributed by atoms with Crippen LogP contribution in [0.1, 0.15) is 75.3 Å². The van der Waals surface area contributed by atoms with Crippen molar-refractivity contribution < 1.29 is 19.7 Å². The van der Waals surface area contributed by atoms with E-state index in [1.54, 1.807) is 6.07 Å². The number of aromatic hydroxyl groups is 1. The molecule has 172 valence electrons. The summed E-state index contributed by atoms with van der Waals surface area (Å²) in [4.78, 5) is 13.5. The molecule has 32 heavy (non-hydrogen) atoms. The highest BCUT2D eigenvalue weighted by molar-refractivity contribution is 5.68. The molecule has 5 nitrogen and oxygen atoms in total. The number of phenols is 1. The van der Waals surface area contributed by atoms with E-state index in [9.17, 15) is 15.0 Å². The Kier molecular flexibility index (Phi) is 7.23. The molecule has 1 saturated heterocycles. The fraction of sp³-hybridized carbons (Fsp3) is 0.519. The first kappa shape index (κ1) is 22.5. The van der Waals surface area contributed by atoms with Crippen LogP contribution in [-0.2, 0) is 11.2 Å². The number of carboxylic acids is 1. The number of fused-ring (bicyclic) bond motifs is 3. The molecule has 0 amide bonds. The van der Waals surface area contributed by atoms with Crippen LogP contribution < -0.4 is 14.7 Å². The van der Waals surface area contributed by atoms with E-state index < -0.39 is 5.97 Å². The van der Waals surface area contributed by atoms with E-state index in [-0.39, 0.29) is 24.2 Å². The minimum absolute atomic E-state index is 0.0208. The fourth-order valence-corrected chi connectivity index (χ4v) is 5.41. The Bertz CT molecular complexity index is 913. The number of rotatable bonds is 9. The first-order valence-electron chi connectivity index (χ1n) is 12.0. The normalized spacial score (nSPS) is 20.8. The average molecular weight is 437 g/mol. The summed E-state index contributed by atoms with van der Waals surface area (Å²) in [6.45, 7) is 3.05. The van der Waals surface area contributed by atoms with Gasteiger partial charge >= 0.3 is 0 Å². The second-order valence-electron chi connectivity index (χ2n) is 9.37. The average Bonchev–Trinajstić information content (AvgIpc) is 2.78. The van der Waals surface area contributed by atoms with Gasteiger partial charge in [0.05, 0.1) is 6.10 Å². The van der Waals surface area contributed by atoms with E-state index in [0.29, 0.717) is 18.2 Å². The minimum Gasteiger partial charge on any atom is -0.550 e. The summed E-state index contributed by atoms with van der Waals surface area (Å²) in [5, 5.41) is 22.0. The molecule has 0 aliphatic carbocycles. The highest BCUT2D eigenvalue weighted by atomic mass is 16.5. The number of carbonyl (C=O) groups excluding carboxylic acids is 1. The number of ether oxygens (including phenoxy) is 1. The van der Waals surface area contributed by atoms with E-state index in [0.717, 1.165) is 56.3 Å². The van der Waals surface area contributed by atoms with Crippen molar-refractivity contribution >= 4 is 11.7 Å². The number of aliphatic carboxylic acids is 1. The first-order chi connectivity index (χ1) is 15.5. The van der Waals surface area contributed by atoms with Crippen molar-refractivity contribution in [1.29, 1.82) is 0 Å². The second-order valence-corrected chi connectivity index (χ2v) is 9.37. The van der Waals surface area contributed by atoms with Gasteiger partial charge in [-0.3, -0.25) is 0 Å². The topological polar surface area (TPSA) is 72.8 Å². The highest BCUT2D eigenvalue weighted by Gasteiger charge is 2.36. The molecular weight excluding hydrogens is 402 g/mol. The standard InChI is InChI=1S/C27H35NO4/c1-19(8-7-11-20-9-3-2-4-10-20)32-23-17-24-27(25(29)18-23)21(13-14-26(30)31)16-22-12-5-6-15-28(22)24/h2-4,9-10,17-19,21-22,29H,5-8,11-16H2,1H3,(H,30,31)/p-1. The van der Waals surface area contributed by atoms with E-state index in [4.69, 9.17) is 4.74 Å². The van der Waals surface area contributed by atoms with E-state index in [1.807, 2.05) is 6.07 Å². The van der Waals surface area contributed by atoms with Crippen molar-refractivity contribution in [3.63, 3.8) is 0 Å². The van der Waals surface area contributed by atoms with Crippen LogP contribution in [0.3, 0.4) is 0 Å². The SMILES string of the molecule is CC(CCCc1ccccc1)Oc1cc(O)c2c(c1)N1CCCCC1CC2CCC(=O)[O-]. The molecule has 3 atom stereocenters. The van der Waals surface area contributed by atoms with Gasteiger partial charge < -0.3 is 24.6 Å². The Hall–Kier alpha value is -2.69. The summed E-state index contributed by atoms with van der Waals surface area (Å²) in [6.07, 6.45) is 7.93. The molecular formula is C27H34NO4-. The molecule has 4 rings (SSSR count). The number of piperidine rings is 1. The van der Waals surface area contributed by atoms with Gasteiger partial charge in [-0.2, -0.15) is 0 Å². The van der Waals surface area contributed by atoms with Gasteiger partial charge in [-0.15, -0.1) is 0 Å². The van der Waals surface area contributed by atoms with E-state index in [2.05, 4.69) is 42.2 Å². The molecule has 0 spiro atoms. The quantitative estimate of drug-likeness (QED) is 0.624. The number of hydrogen-bond acceptors (Lipinski definition) is 5. The lowest BCUT2D eigenvalue weighted by Gasteiger charge is -2.45. The number of hydrogen-bond donors (Lipinski definition) is 1. The Morgan fingerprint density at radius 1 is 1.25 bits per heavy atom. The smallest absolute Gasteiger partial charge is 0.125 e. The van der Waals surface area contributed by atoms with E-state index >= 15 is 0 Å². The number of benzene rings is 2. The third kappa shape index (κ3) is 5.37. The molecule has 5 heteroatoms. The molecule has 1 N–H and O–H groups in total. The molecule has 1 fully saturated rings. The van der Waals surface area contributed by atoms with Crippen LogP contribution in [0.2, 0.25) is 0 Å². The number of carboxylic acid groups (broad SMARTS) is 1. The number of anilines is 1. The lowest BCUT2D eigenvalue weighted by molar-refractivity contribution is -0.305. The summed E-state index contributed by atoms with van der Waals surface area (Å²) in [5.41, 5.74) is 3.24. The maximum absolute atomic E-state index is 11.1. The van der Waals surface area contributed by atoms with E-state index in [1.165, 1.54) is 12.0 Å². The number of carbonyl (C=O) groups is 1. The highest BCUT2D eigenvalue weighted by Crippen LogP contribution is 2.49. The maximum Gasteiger partial charge on any atom is 0.125 e. The molecule has 0 aromatic heterocycles. The van der Waals surface area contributed by atoms with Crippen LogP contribution >= 0.6 is 0 Å². The van der Waals surface area contributed by atoms with Gasteiger partial charge in [0.25, 0.3) is 0 Å². The molecule has 2 aliphatic heterocycles. The molecule has 0 saturated carbocycles. The van der Waals surface area contributed by atoms with Gasteiger partial charge in [-0.1, -0.05) is 30.3 Å². The third-order valence-corrected chi connectivity index (χ3v) is 6.96. The molecule has 2 heterocycles. The molecule has 2 aromatic rings. The summed E-state index contributed by atoms with van der Waals surface area (Å²) in [5.74, 6) is -0.0688. The number of phenolic OH excluding ortho intramolecular Hbond substituents is 1. The van der Waals surface area contributed by atoms with Crippen molar-refractivity contribution in [2.45, 2.75) is 82.8 Å². The lowest BCUT2D eigenvalue weighted by Crippen LogP contribution is -2.44. The zero-order chi connectivity index (χ0) is 22.5. The van der Waals surface area contributed by atoms with Crippen molar-refractivity contribution in [1.82, 2.24) is 0 Å². The van der Waals surface area contributed by atoms with Crippen LogP contribution in [0.15, 0.2) is 42.5 Å². The summed E-state index contributed by atoms with van der Waals surface area (Å²) in [7, 11) is 0. The fourth-order valence-electron chi connectivity index (χ4n) is 5.41. The lowest BCUT2D eigenvalue weighted by atomic mass is 9.79. The van der Waals surface area contributed by atoms with Gasteiger partial charge in [-0.05, 0) is 76.2 Å². The summed E-state index contributed by atoms with van der Waals surface area (Å²) in [6, 6.07) is 14.7. The maximum atomic E-state index is 11.1. The van der Waals surface area contributed by atoms with Gasteiger partial charge in [0.15, 0.2) is 0 Å². The minimum atomic E-state index is -1.03. The van der Waals surface area contributed by atoms with Crippen LogP contribution in [-0.4, -0.2) is 29.8 Å². The monoisotopic (exact) mass is 436 g/mol. The Morgan fingerprint density at radius 2 is 2.06 bits per heavy atom. The molecule has 2 aromatic carbocycles. The second kappa shape index (κ2) is 10.3. The molecule has 0 bridgehead atoms. The predicted octanol–water partition coefficient (Wildman–Crippen LogP) is 4.56. The predicted molar refractivity (Wildman–Crippen MR) is 124 cm³/mol. The zero-order valence-corrected chi connectivity index (χ0v) is 19.0. The van der Waals surface area contributed by atoms with Gasteiger partial charge in [-0.25, -0.2) is 0 Å². The first-order valence-corrected chi connectivity index (χ1v) is 12.0.